The van der Waals surface area contributed by atoms with E-state index in [2.05, 4.69) is 5.32 Å². The molecule has 0 spiro atoms. The summed E-state index contributed by atoms with van der Waals surface area (Å²) in [6.45, 7) is 5.31. The minimum atomic E-state index is -1.07. The molecule has 1 saturated carbocycles. The van der Waals surface area contributed by atoms with Gasteiger partial charge in [-0.3, -0.25) is 19.3 Å². The fourth-order valence-electron chi connectivity index (χ4n) is 3.94. The van der Waals surface area contributed by atoms with Crippen molar-refractivity contribution in [3.8, 4) is 0 Å². The lowest BCUT2D eigenvalue weighted by molar-refractivity contribution is -0.159. The molecule has 1 aliphatic carbocycles. The Morgan fingerprint density at radius 1 is 1.07 bits per heavy atom. The van der Waals surface area contributed by atoms with Crippen LogP contribution in [0.2, 0.25) is 0 Å². The molecule has 0 aromatic heterocycles. The Morgan fingerprint density at radius 3 is 2.14 bits per heavy atom. The minimum absolute atomic E-state index is 0.0412. The van der Waals surface area contributed by atoms with Gasteiger partial charge in [-0.25, -0.2) is 4.79 Å². The highest BCUT2D eigenvalue weighted by Gasteiger charge is 2.44. The zero-order valence-corrected chi connectivity index (χ0v) is 17.1. The quantitative estimate of drug-likeness (QED) is 0.561. The van der Waals surface area contributed by atoms with Crippen molar-refractivity contribution < 1.29 is 23.9 Å². The lowest BCUT2D eigenvalue weighted by Gasteiger charge is -2.27. The van der Waals surface area contributed by atoms with Crippen LogP contribution >= 0.6 is 0 Å². The summed E-state index contributed by atoms with van der Waals surface area (Å²) in [7, 11) is 0. The fraction of sp³-hybridized carbons (Fsp3) is 0.545. The van der Waals surface area contributed by atoms with Crippen LogP contribution in [0.4, 0.5) is 0 Å². The fourth-order valence-corrected chi connectivity index (χ4v) is 3.94. The smallest absolute Gasteiger partial charge is 0.330 e. The molecule has 1 aromatic carbocycles. The number of rotatable bonds is 7. The highest BCUT2D eigenvalue weighted by Crippen LogP contribution is 2.27. The van der Waals surface area contributed by atoms with Gasteiger partial charge < -0.3 is 10.1 Å². The number of hydrogen-bond donors (Lipinski definition) is 1. The van der Waals surface area contributed by atoms with Crippen molar-refractivity contribution in [1.29, 1.82) is 0 Å². The molecule has 0 radical (unpaired) electrons. The first-order valence-electron chi connectivity index (χ1n) is 10.3. The molecular weight excluding hydrogens is 372 g/mol. The number of carbonyl (C=O) groups excluding carboxylic acids is 4. The lowest BCUT2D eigenvalue weighted by Crippen LogP contribution is -2.49. The first kappa shape index (κ1) is 21.0. The molecule has 2 aliphatic rings. The second-order valence-electron chi connectivity index (χ2n) is 8.24. The van der Waals surface area contributed by atoms with E-state index in [0.717, 1.165) is 30.6 Å². The molecule has 3 rings (SSSR count). The summed E-state index contributed by atoms with van der Waals surface area (Å²) < 4.78 is 5.40. The third-order valence-corrected chi connectivity index (χ3v) is 5.47. The molecular formula is C22H28N2O5. The van der Waals surface area contributed by atoms with Gasteiger partial charge in [0, 0.05) is 6.04 Å². The molecule has 2 unspecified atom stereocenters. The first-order chi connectivity index (χ1) is 13.8. The van der Waals surface area contributed by atoms with Gasteiger partial charge in [0.25, 0.3) is 17.7 Å². The Morgan fingerprint density at radius 2 is 1.62 bits per heavy atom. The second-order valence-corrected chi connectivity index (χ2v) is 8.24. The van der Waals surface area contributed by atoms with Crippen LogP contribution in [0, 0.1) is 5.92 Å². The summed E-state index contributed by atoms with van der Waals surface area (Å²) in [5.41, 5.74) is 0.567. The summed E-state index contributed by atoms with van der Waals surface area (Å²) >= 11 is 0. The molecule has 0 saturated heterocycles. The number of fused-ring (bicyclic) bond motifs is 1. The van der Waals surface area contributed by atoms with Crippen molar-refractivity contribution in [2.45, 2.75) is 71.1 Å². The monoisotopic (exact) mass is 400 g/mol. The number of ether oxygens (including phenoxy) is 1. The van der Waals surface area contributed by atoms with E-state index in [1.54, 1.807) is 24.3 Å². The van der Waals surface area contributed by atoms with Crippen LogP contribution in [0.1, 0.15) is 73.6 Å². The second kappa shape index (κ2) is 8.76. The summed E-state index contributed by atoms with van der Waals surface area (Å²) in [6.07, 6.45) is 3.29. The van der Waals surface area contributed by atoms with Crippen molar-refractivity contribution in [2.24, 2.45) is 5.92 Å². The first-order valence-corrected chi connectivity index (χ1v) is 10.3. The Hall–Kier alpha value is -2.70. The van der Waals surface area contributed by atoms with E-state index in [4.69, 9.17) is 4.74 Å². The zero-order chi connectivity index (χ0) is 21.1. The van der Waals surface area contributed by atoms with Gasteiger partial charge in [-0.05, 0) is 44.2 Å². The Kier molecular flexibility index (Phi) is 6.35. The van der Waals surface area contributed by atoms with Gasteiger partial charge in [-0.15, -0.1) is 0 Å². The summed E-state index contributed by atoms with van der Waals surface area (Å²) in [5.74, 6) is -2.05. The number of carbonyl (C=O) groups is 4. The van der Waals surface area contributed by atoms with Crippen LogP contribution in [-0.4, -0.2) is 46.8 Å². The molecule has 29 heavy (non-hydrogen) atoms. The number of amides is 3. The molecule has 3 amide bonds. The van der Waals surface area contributed by atoms with Gasteiger partial charge in [0.1, 0.15) is 6.04 Å². The van der Waals surface area contributed by atoms with E-state index in [1.165, 1.54) is 6.92 Å². The zero-order valence-electron chi connectivity index (χ0n) is 17.1. The number of benzene rings is 1. The highest BCUT2D eigenvalue weighted by atomic mass is 16.5. The van der Waals surface area contributed by atoms with E-state index in [-0.39, 0.29) is 35.4 Å². The predicted molar refractivity (Wildman–Crippen MR) is 106 cm³/mol. The predicted octanol–water partition coefficient (Wildman–Crippen LogP) is 2.69. The van der Waals surface area contributed by atoms with Gasteiger partial charge in [0.05, 0.1) is 11.1 Å². The summed E-state index contributed by atoms with van der Waals surface area (Å²) in [5, 5.41) is 2.90. The molecule has 7 nitrogen and oxygen atoms in total. The average Bonchev–Trinajstić information content (AvgIpc) is 3.27. The Labute approximate surface area is 170 Å². The van der Waals surface area contributed by atoms with E-state index >= 15 is 0 Å². The lowest BCUT2D eigenvalue weighted by atomic mass is 10.0. The summed E-state index contributed by atoms with van der Waals surface area (Å²) in [4.78, 5) is 51.9. The minimum Gasteiger partial charge on any atom is -0.451 e. The molecule has 0 bridgehead atoms. The van der Waals surface area contributed by atoms with Crippen LogP contribution < -0.4 is 5.32 Å². The summed E-state index contributed by atoms with van der Waals surface area (Å²) in [6, 6.07) is 5.56. The van der Waals surface area contributed by atoms with E-state index in [9.17, 15) is 19.2 Å². The molecule has 1 aliphatic heterocycles. The van der Waals surface area contributed by atoms with Gasteiger partial charge in [-0.1, -0.05) is 38.8 Å². The van der Waals surface area contributed by atoms with E-state index < -0.39 is 29.9 Å². The van der Waals surface area contributed by atoms with Gasteiger partial charge >= 0.3 is 5.97 Å². The van der Waals surface area contributed by atoms with Crippen molar-refractivity contribution in [3.05, 3.63) is 35.4 Å². The van der Waals surface area contributed by atoms with Crippen LogP contribution in [0.25, 0.3) is 0 Å². The Balaban J connectivity index is 1.73. The van der Waals surface area contributed by atoms with Crippen LogP contribution in [0.5, 0.6) is 0 Å². The molecule has 7 heteroatoms. The molecule has 1 fully saturated rings. The van der Waals surface area contributed by atoms with Crippen LogP contribution in [0.3, 0.4) is 0 Å². The molecule has 156 valence electrons. The average molecular weight is 400 g/mol. The largest absolute Gasteiger partial charge is 0.451 e. The maximum Gasteiger partial charge on any atom is 0.330 e. The van der Waals surface area contributed by atoms with Crippen molar-refractivity contribution in [3.63, 3.8) is 0 Å². The van der Waals surface area contributed by atoms with Crippen molar-refractivity contribution in [1.82, 2.24) is 10.2 Å². The van der Waals surface area contributed by atoms with Gasteiger partial charge in [-0.2, -0.15) is 0 Å². The maximum absolute atomic E-state index is 12.9. The third-order valence-electron chi connectivity index (χ3n) is 5.47. The molecule has 1 heterocycles. The van der Waals surface area contributed by atoms with Crippen molar-refractivity contribution >= 4 is 23.7 Å². The topological polar surface area (TPSA) is 92.8 Å². The third kappa shape index (κ3) is 4.49. The highest BCUT2D eigenvalue weighted by molar-refractivity contribution is 6.22. The van der Waals surface area contributed by atoms with Gasteiger partial charge in [0.15, 0.2) is 6.10 Å². The van der Waals surface area contributed by atoms with E-state index in [0.29, 0.717) is 0 Å². The number of nitrogens with one attached hydrogen (secondary N) is 1. The van der Waals surface area contributed by atoms with Crippen molar-refractivity contribution in [2.75, 3.05) is 0 Å². The number of esters is 1. The van der Waals surface area contributed by atoms with Gasteiger partial charge in [0.2, 0.25) is 0 Å². The molecule has 1 N–H and O–H groups in total. The number of nitrogens with zero attached hydrogens (tertiary/aromatic N) is 1. The van der Waals surface area contributed by atoms with Crippen LogP contribution in [0.15, 0.2) is 24.3 Å². The standard InChI is InChI=1S/C22H28N2O5/c1-13(2)12-18(24-20(26)16-10-6-7-11-17(16)21(24)27)22(28)29-14(3)19(25)23-15-8-4-5-9-15/h6-7,10-11,13-15,18H,4-5,8-9,12H2,1-3H3,(H,23,25). The Bertz CT molecular complexity index is 778. The maximum atomic E-state index is 12.9. The SMILES string of the molecule is CC(C)CC(C(=O)OC(C)C(=O)NC1CCCC1)N1C(=O)c2ccccc2C1=O. The number of hydrogen-bond acceptors (Lipinski definition) is 5. The van der Waals surface area contributed by atoms with Crippen LogP contribution in [-0.2, 0) is 14.3 Å². The van der Waals surface area contributed by atoms with E-state index in [1.807, 2.05) is 13.8 Å². The normalized spacial score (nSPS) is 18.7. The number of imide groups is 1. The molecule has 2 atom stereocenters. The molecule has 1 aromatic rings.